The van der Waals surface area contributed by atoms with Crippen LogP contribution in [-0.4, -0.2) is 71.5 Å². The van der Waals surface area contributed by atoms with Crippen LogP contribution in [0.3, 0.4) is 0 Å². The number of hydrogen-bond acceptors (Lipinski definition) is 5. The van der Waals surface area contributed by atoms with E-state index in [9.17, 15) is 4.79 Å². The Kier molecular flexibility index (Phi) is 5.50. The molecule has 1 aliphatic rings. The molecule has 1 fully saturated rings. The van der Waals surface area contributed by atoms with Crippen molar-refractivity contribution in [3.05, 3.63) is 18.0 Å². The highest BCUT2D eigenvalue weighted by Gasteiger charge is 2.20. The van der Waals surface area contributed by atoms with Crippen LogP contribution in [0.15, 0.2) is 12.3 Å². The van der Waals surface area contributed by atoms with E-state index in [1.54, 1.807) is 17.2 Å². The normalized spacial score (nSPS) is 16.0. The zero-order valence-corrected chi connectivity index (χ0v) is 13.2. The van der Waals surface area contributed by atoms with Crippen LogP contribution >= 0.6 is 0 Å². The van der Waals surface area contributed by atoms with Crippen molar-refractivity contribution in [2.24, 2.45) is 0 Å². The van der Waals surface area contributed by atoms with Crippen molar-refractivity contribution in [2.45, 2.75) is 20.8 Å². The number of carbonyl (C=O) groups excluding carboxylic acids is 1. The molecule has 0 spiro atoms. The van der Waals surface area contributed by atoms with Crippen LogP contribution < -0.4 is 4.90 Å². The molecule has 1 aromatic rings. The van der Waals surface area contributed by atoms with Gasteiger partial charge in [0.05, 0.1) is 0 Å². The summed E-state index contributed by atoms with van der Waals surface area (Å²) < 4.78 is 0. The topological polar surface area (TPSA) is 52.6 Å². The number of rotatable bonds is 5. The third-order valence-corrected chi connectivity index (χ3v) is 4.01. The number of likely N-dealkylation sites (N-methyl/N-ethyl adjacent to an activating group) is 1. The first kappa shape index (κ1) is 15.7. The summed E-state index contributed by atoms with van der Waals surface area (Å²) in [6, 6.07) is 1.70. The SMILES string of the molecule is CCN1CCN(c2nccc(C(=O)N(CC)CC)n2)CC1. The third-order valence-electron chi connectivity index (χ3n) is 4.01. The molecule has 0 aliphatic carbocycles. The molecule has 0 atom stereocenters. The quantitative estimate of drug-likeness (QED) is 0.813. The lowest BCUT2D eigenvalue weighted by molar-refractivity contribution is 0.0767. The predicted molar refractivity (Wildman–Crippen MR) is 83.6 cm³/mol. The van der Waals surface area contributed by atoms with Crippen molar-refractivity contribution in [1.82, 2.24) is 19.8 Å². The van der Waals surface area contributed by atoms with Crippen molar-refractivity contribution < 1.29 is 4.79 Å². The summed E-state index contributed by atoms with van der Waals surface area (Å²) in [4.78, 5) is 27.5. The first-order valence-corrected chi connectivity index (χ1v) is 7.79. The number of hydrogen-bond donors (Lipinski definition) is 0. The highest BCUT2D eigenvalue weighted by Crippen LogP contribution is 2.12. The molecule has 0 radical (unpaired) electrons. The summed E-state index contributed by atoms with van der Waals surface area (Å²) in [5, 5.41) is 0. The molecule has 1 aromatic heterocycles. The van der Waals surface area contributed by atoms with Gasteiger partial charge in [-0.2, -0.15) is 0 Å². The van der Waals surface area contributed by atoms with Crippen molar-refractivity contribution in [3.8, 4) is 0 Å². The largest absolute Gasteiger partial charge is 0.338 e. The second-order valence-electron chi connectivity index (χ2n) is 5.14. The van der Waals surface area contributed by atoms with E-state index in [4.69, 9.17) is 0 Å². The smallest absolute Gasteiger partial charge is 0.272 e. The van der Waals surface area contributed by atoms with E-state index in [1.807, 2.05) is 13.8 Å². The molecule has 0 N–H and O–H groups in total. The average Bonchev–Trinajstić information content (AvgIpc) is 2.56. The molecule has 0 aromatic carbocycles. The molecule has 1 saturated heterocycles. The van der Waals surface area contributed by atoms with E-state index < -0.39 is 0 Å². The highest BCUT2D eigenvalue weighted by molar-refractivity contribution is 5.92. The van der Waals surface area contributed by atoms with E-state index in [0.29, 0.717) is 24.7 Å². The number of carbonyl (C=O) groups is 1. The van der Waals surface area contributed by atoms with Gasteiger partial charge in [-0.25, -0.2) is 9.97 Å². The molecule has 0 bridgehead atoms. The fourth-order valence-corrected chi connectivity index (χ4v) is 2.56. The van der Waals surface area contributed by atoms with Crippen LogP contribution in [0, 0.1) is 0 Å². The lowest BCUT2D eigenvalue weighted by Crippen LogP contribution is -2.46. The first-order chi connectivity index (χ1) is 10.2. The lowest BCUT2D eigenvalue weighted by Gasteiger charge is -2.34. The second kappa shape index (κ2) is 7.36. The molecule has 1 amide bonds. The molecule has 116 valence electrons. The van der Waals surface area contributed by atoms with Crippen molar-refractivity contribution >= 4 is 11.9 Å². The van der Waals surface area contributed by atoms with Crippen LogP contribution in [0.25, 0.3) is 0 Å². The van der Waals surface area contributed by atoms with Crippen LogP contribution in [0.1, 0.15) is 31.3 Å². The van der Waals surface area contributed by atoms with E-state index in [0.717, 1.165) is 32.7 Å². The second-order valence-corrected chi connectivity index (χ2v) is 5.14. The monoisotopic (exact) mass is 291 g/mol. The fourth-order valence-electron chi connectivity index (χ4n) is 2.56. The van der Waals surface area contributed by atoms with Gasteiger partial charge in [-0.05, 0) is 26.5 Å². The Labute approximate surface area is 126 Å². The molecule has 0 unspecified atom stereocenters. The maximum absolute atomic E-state index is 12.3. The average molecular weight is 291 g/mol. The Morgan fingerprint density at radius 3 is 2.43 bits per heavy atom. The van der Waals surface area contributed by atoms with Gasteiger partial charge in [0.25, 0.3) is 5.91 Å². The molecule has 1 aliphatic heterocycles. The number of piperazine rings is 1. The van der Waals surface area contributed by atoms with Gasteiger partial charge in [0, 0.05) is 45.5 Å². The molecular weight excluding hydrogens is 266 g/mol. The van der Waals surface area contributed by atoms with E-state index in [-0.39, 0.29) is 5.91 Å². The molecule has 6 nitrogen and oxygen atoms in total. The predicted octanol–water partition coefficient (Wildman–Crippen LogP) is 1.10. The van der Waals surface area contributed by atoms with Crippen molar-refractivity contribution in [2.75, 3.05) is 50.7 Å². The minimum absolute atomic E-state index is 0.0177. The van der Waals surface area contributed by atoms with Gasteiger partial charge in [0.2, 0.25) is 5.95 Å². The summed E-state index contributed by atoms with van der Waals surface area (Å²) >= 11 is 0. The van der Waals surface area contributed by atoms with E-state index >= 15 is 0 Å². The Hall–Kier alpha value is -1.69. The van der Waals surface area contributed by atoms with Crippen molar-refractivity contribution in [3.63, 3.8) is 0 Å². The Bertz CT molecular complexity index is 467. The Morgan fingerprint density at radius 2 is 1.86 bits per heavy atom. The maximum atomic E-state index is 12.3. The molecular formula is C15H25N5O. The van der Waals surface area contributed by atoms with Gasteiger partial charge in [0.15, 0.2) is 0 Å². The maximum Gasteiger partial charge on any atom is 0.272 e. The van der Waals surface area contributed by atoms with Gasteiger partial charge in [0.1, 0.15) is 5.69 Å². The van der Waals surface area contributed by atoms with Crippen LogP contribution in [0.5, 0.6) is 0 Å². The zero-order valence-electron chi connectivity index (χ0n) is 13.2. The molecule has 2 rings (SSSR count). The van der Waals surface area contributed by atoms with Crippen LogP contribution in [0.2, 0.25) is 0 Å². The van der Waals surface area contributed by atoms with Crippen molar-refractivity contribution in [1.29, 1.82) is 0 Å². The molecule has 21 heavy (non-hydrogen) atoms. The summed E-state index contributed by atoms with van der Waals surface area (Å²) in [5.41, 5.74) is 0.488. The van der Waals surface area contributed by atoms with E-state index in [2.05, 4.69) is 26.7 Å². The first-order valence-electron chi connectivity index (χ1n) is 7.79. The van der Waals surface area contributed by atoms with Gasteiger partial charge < -0.3 is 14.7 Å². The number of nitrogens with zero attached hydrogens (tertiary/aromatic N) is 5. The van der Waals surface area contributed by atoms with Gasteiger partial charge in [-0.1, -0.05) is 6.92 Å². The summed E-state index contributed by atoms with van der Waals surface area (Å²) in [5.74, 6) is 0.652. The van der Waals surface area contributed by atoms with Gasteiger partial charge in [-0.3, -0.25) is 4.79 Å². The summed E-state index contributed by atoms with van der Waals surface area (Å²) in [6.45, 7) is 12.5. The minimum Gasteiger partial charge on any atom is -0.338 e. The number of amides is 1. The Morgan fingerprint density at radius 1 is 1.19 bits per heavy atom. The van der Waals surface area contributed by atoms with Crippen LogP contribution in [0.4, 0.5) is 5.95 Å². The summed E-state index contributed by atoms with van der Waals surface area (Å²) in [7, 11) is 0. The van der Waals surface area contributed by atoms with Gasteiger partial charge >= 0.3 is 0 Å². The van der Waals surface area contributed by atoms with Crippen LogP contribution in [-0.2, 0) is 0 Å². The lowest BCUT2D eigenvalue weighted by atomic mass is 10.3. The van der Waals surface area contributed by atoms with E-state index in [1.165, 1.54) is 0 Å². The van der Waals surface area contributed by atoms with Gasteiger partial charge in [-0.15, -0.1) is 0 Å². The molecule has 0 saturated carbocycles. The molecule has 2 heterocycles. The minimum atomic E-state index is -0.0177. The fraction of sp³-hybridized carbons (Fsp3) is 0.667. The standard InChI is InChI=1S/C15H25N5O/c1-4-18-9-11-20(12-10-18)15-16-8-7-13(17-15)14(21)19(5-2)6-3/h7-8H,4-6,9-12H2,1-3H3. The Balaban J connectivity index is 2.09. The zero-order chi connectivity index (χ0) is 15.2. The number of anilines is 1. The highest BCUT2D eigenvalue weighted by atomic mass is 16.2. The third kappa shape index (κ3) is 3.69. The number of aromatic nitrogens is 2. The molecule has 6 heteroatoms. The summed E-state index contributed by atoms with van der Waals surface area (Å²) in [6.07, 6.45) is 1.69.